The van der Waals surface area contributed by atoms with Gasteiger partial charge in [-0.15, -0.1) is 0 Å². The summed E-state index contributed by atoms with van der Waals surface area (Å²) in [6.45, 7) is 6.57. The first-order chi connectivity index (χ1) is 13.9. The van der Waals surface area contributed by atoms with Crippen LogP contribution in [0.1, 0.15) is 44.6 Å². The number of pyridine rings is 1. The average Bonchev–Trinajstić information content (AvgIpc) is 3.27. The van der Waals surface area contributed by atoms with Gasteiger partial charge in [-0.1, -0.05) is 6.07 Å². The Balaban J connectivity index is 1.56. The molecule has 0 amide bonds. The molecule has 0 N–H and O–H groups in total. The lowest BCUT2D eigenvalue weighted by molar-refractivity contribution is -0.683. The van der Waals surface area contributed by atoms with Gasteiger partial charge in [-0.05, 0) is 50.6 Å². The minimum atomic E-state index is -0.0197. The van der Waals surface area contributed by atoms with Gasteiger partial charge in [0.2, 0.25) is 19.1 Å². The Bertz CT molecular complexity index is 1110. The van der Waals surface area contributed by atoms with Gasteiger partial charge in [0.25, 0.3) is 0 Å². The second-order valence-corrected chi connectivity index (χ2v) is 7.30. The van der Waals surface area contributed by atoms with E-state index in [-0.39, 0.29) is 24.9 Å². The molecule has 0 spiro atoms. The fraction of sp³-hybridized carbons (Fsp3) is 0.261. The van der Waals surface area contributed by atoms with Gasteiger partial charge in [-0.2, -0.15) is 4.57 Å². The number of nitrogens with zero attached hydrogens (tertiary/aromatic N) is 2. The molecule has 0 atom stereocenters. The molecule has 1 aliphatic rings. The third-order valence-electron chi connectivity index (χ3n) is 5.24. The van der Waals surface area contributed by atoms with E-state index >= 15 is 0 Å². The third-order valence-corrected chi connectivity index (χ3v) is 5.24. The summed E-state index contributed by atoms with van der Waals surface area (Å²) >= 11 is 0. The zero-order chi connectivity index (χ0) is 20.5. The van der Waals surface area contributed by atoms with Crippen LogP contribution in [-0.2, 0) is 13.1 Å². The van der Waals surface area contributed by atoms with Gasteiger partial charge in [0.05, 0.1) is 5.56 Å². The molecular weight excluding hydrogens is 368 g/mol. The van der Waals surface area contributed by atoms with Crippen LogP contribution < -0.4 is 14.0 Å². The van der Waals surface area contributed by atoms with Crippen molar-refractivity contribution in [1.29, 1.82) is 0 Å². The van der Waals surface area contributed by atoms with Crippen molar-refractivity contribution in [3.63, 3.8) is 0 Å². The van der Waals surface area contributed by atoms with E-state index in [4.69, 9.17) is 9.47 Å². The molecule has 0 saturated heterocycles. The molecule has 0 fully saturated rings. The molecule has 1 aromatic carbocycles. The van der Waals surface area contributed by atoms with Crippen LogP contribution in [0.2, 0.25) is 0 Å². The molecule has 6 heteroatoms. The summed E-state index contributed by atoms with van der Waals surface area (Å²) in [5.41, 5.74) is 4.32. The number of aromatic nitrogens is 2. The molecule has 3 aromatic rings. The van der Waals surface area contributed by atoms with E-state index < -0.39 is 0 Å². The number of carbonyl (C=O) groups is 2. The Morgan fingerprint density at radius 3 is 2.69 bits per heavy atom. The predicted molar refractivity (Wildman–Crippen MR) is 107 cm³/mol. The minimum absolute atomic E-state index is 0.0146. The van der Waals surface area contributed by atoms with Gasteiger partial charge in [-0.3, -0.25) is 9.59 Å². The summed E-state index contributed by atoms with van der Waals surface area (Å²) in [6, 6.07) is 11.4. The molecule has 3 heterocycles. The van der Waals surface area contributed by atoms with Crippen LogP contribution in [0.15, 0.2) is 48.8 Å². The average molecular weight is 391 g/mol. The highest BCUT2D eigenvalue weighted by atomic mass is 16.7. The summed E-state index contributed by atoms with van der Waals surface area (Å²) < 4.78 is 14.7. The Hall–Kier alpha value is -3.41. The molecule has 4 rings (SSSR count). The van der Waals surface area contributed by atoms with Gasteiger partial charge in [0.15, 0.2) is 29.7 Å². The number of carbonyl (C=O) groups excluding carboxylic acids is 2. The molecule has 0 radical (unpaired) electrons. The standard InChI is InChI=1S/C23H23N2O4/c1-15-9-20(21(27)13-24-8-4-5-19(12-24)17(3)26)16(2)25(15)11-18-6-7-22-23(10-18)29-14-28-22/h4-10,12H,11,13-14H2,1-3H3/q+1. The van der Waals surface area contributed by atoms with Crippen molar-refractivity contribution in [2.45, 2.75) is 33.9 Å². The number of rotatable bonds is 6. The first kappa shape index (κ1) is 18.9. The van der Waals surface area contributed by atoms with E-state index in [9.17, 15) is 9.59 Å². The second kappa shape index (κ2) is 7.54. The van der Waals surface area contributed by atoms with Crippen LogP contribution in [0.4, 0.5) is 0 Å². The summed E-state index contributed by atoms with van der Waals surface area (Å²) in [5, 5.41) is 0. The van der Waals surface area contributed by atoms with Gasteiger partial charge in [0.1, 0.15) is 0 Å². The Morgan fingerprint density at radius 2 is 1.90 bits per heavy atom. The van der Waals surface area contributed by atoms with Gasteiger partial charge >= 0.3 is 0 Å². The van der Waals surface area contributed by atoms with Crippen molar-refractivity contribution in [2.24, 2.45) is 0 Å². The molecule has 0 aliphatic carbocycles. The van der Waals surface area contributed by atoms with Gasteiger partial charge < -0.3 is 14.0 Å². The van der Waals surface area contributed by atoms with E-state index in [2.05, 4.69) is 4.57 Å². The van der Waals surface area contributed by atoms with Crippen LogP contribution in [-0.4, -0.2) is 22.9 Å². The number of ketones is 2. The maximum Gasteiger partial charge on any atom is 0.231 e. The van der Waals surface area contributed by atoms with Crippen LogP contribution in [0.5, 0.6) is 11.5 Å². The van der Waals surface area contributed by atoms with Crippen molar-refractivity contribution in [3.05, 3.63) is 76.9 Å². The van der Waals surface area contributed by atoms with Crippen molar-refractivity contribution in [3.8, 4) is 11.5 Å². The van der Waals surface area contributed by atoms with E-state index in [1.54, 1.807) is 29.1 Å². The zero-order valence-electron chi connectivity index (χ0n) is 16.8. The monoisotopic (exact) mass is 391 g/mol. The highest BCUT2D eigenvalue weighted by Crippen LogP contribution is 2.33. The maximum absolute atomic E-state index is 12.9. The SMILES string of the molecule is CC(=O)c1ccc[n+](CC(=O)c2cc(C)n(Cc3ccc4c(c3)OCO4)c2C)c1. The van der Waals surface area contributed by atoms with Crippen molar-refractivity contribution in [2.75, 3.05) is 6.79 Å². The van der Waals surface area contributed by atoms with Crippen LogP contribution in [0.3, 0.4) is 0 Å². The molecule has 0 bridgehead atoms. The van der Waals surface area contributed by atoms with Gasteiger partial charge in [-0.25, -0.2) is 0 Å². The fourth-order valence-corrected chi connectivity index (χ4v) is 3.63. The van der Waals surface area contributed by atoms with Crippen LogP contribution in [0.25, 0.3) is 0 Å². The Labute approximate surface area is 169 Å². The number of fused-ring (bicyclic) bond motifs is 1. The normalized spacial score (nSPS) is 12.2. The molecule has 2 aromatic heterocycles. The minimum Gasteiger partial charge on any atom is -0.454 e. The number of hydrogen-bond acceptors (Lipinski definition) is 4. The second-order valence-electron chi connectivity index (χ2n) is 7.30. The Kier molecular flexibility index (Phi) is 4.92. The number of aryl methyl sites for hydroxylation is 1. The van der Waals surface area contributed by atoms with Crippen molar-refractivity contribution >= 4 is 11.6 Å². The Morgan fingerprint density at radius 1 is 1.10 bits per heavy atom. The molecular formula is C23H23N2O4+. The van der Waals surface area contributed by atoms with Crippen LogP contribution in [0, 0.1) is 13.8 Å². The molecule has 1 aliphatic heterocycles. The number of hydrogen-bond donors (Lipinski definition) is 0. The van der Waals surface area contributed by atoms with Crippen molar-refractivity contribution in [1.82, 2.24) is 4.57 Å². The first-order valence-electron chi connectivity index (χ1n) is 9.51. The summed E-state index contributed by atoms with van der Waals surface area (Å²) in [5.74, 6) is 1.51. The number of benzene rings is 1. The summed E-state index contributed by atoms with van der Waals surface area (Å²) in [7, 11) is 0. The lowest BCUT2D eigenvalue weighted by atomic mass is 10.1. The fourth-order valence-electron chi connectivity index (χ4n) is 3.63. The van der Waals surface area contributed by atoms with E-state index in [0.29, 0.717) is 17.7 Å². The highest BCUT2D eigenvalue weighted by Gasteiger charge is 2.20. The largest absolute Gasteiger partial charge is 0.454 e. The molecule has 0 unspecified atom stereocenters. The molecule has 0 saturated carbocycles. The topological polar surface area (TPSA) is 61.4 Å². The van der Waals surface area contributed by atoms with E-state index in [1.807, 2.05) is 38.1 Å². The maximum atomic E-state index is 12.9. The zero-order valence-corrected chi connectivity index (χ0v) is 16.8. The summed E-state index contributed by atoms with van der Waals surface area (Å²) in [4.78, 5) is 24.5. The van der Waals surface area contributed by atoms with Gasteiger partial charge in [0, 0.05) is 29.6 Å². The first-order valence-corrected chi connectivity index (χ1v) is 9.51. The van der Waals surface area contributed by atoms with E-state index in [0.717, 1.165) is 28.5 Å². The quantitative estimate of drug-likeness (QED) is 0.478. The van der Waals surface area contributed by atoms with E-state index in [1.165, 1.54) is 6.92 Å². The lowest BCUT2D eigenvalue weighted by Gasteiger charge is -2.10. The van der Waals surface area contributed by atoms with Crippen LogP contribution >= 0.6 is 0 Å². The number of ether oxygens (including phenoxy) is 2. The predicted octanol–water partition coefficient (Wildman–Crippen LogP) is 3.25. The molecule has 148 valence electrons. The third kappa shape index (κ3) is 3.78. The molecule has 6 nitrogen and oxygen atoms in total. The molecule has 29 heavy (non-hydrogen) atoms. The highest BCUT2D eigenvalue weighted by molar-refractivity contribution is 5.96. The smallest absolute Gasteiger partial charge is 0.231 e. The lowest BCUT2D eigenvalue weighted by Crippen LogP contribution is -2.38. The summed E-state index contributed by atoms with van der Waals surface area (Å²) in [6.07, 6.45) is 3.52. The number of Topliss-reactive ketones (excluding diaryl/α,β-unsaturated/α-hetero) is 2. The van der Waals surface area contributed by atoms with Crippen molar-refractivity contribution < 1.29 is 23.6 Å².